The van der Waals surface area contributed by atoms with Crippen LogP contribution >= 0.6 is 0 Å². The van der Waals surface area contributed by atoms with Crippen LogP contribution in [0.2, 0.25) is 0 Å². The van der Waals surface area contributed by atoms with E-state index >= 15 is 0 Å². The quantitative estimate of drug-likeness (QED) is 0.501. The monoisotopic (exact) mass is 394 g/mol. The van der Waals surface area contributed by atoms with E-state index in [-0.39, 0.29) is 16.5 Å². The molecular weight excluding hydrogens is 375 g/mol. The summed E-state index contributed by atoms with van der Waals surface area (Å²) in [6, 6.07) is 11.3. The number of amides is 1. The number of anilines is 1. The lowest BCUT2D eigenvalue weighted by Crippen LogP contribution is -2.49. The van der Waals surface area contributed by atoms with Crippen molar-refractivity contribution in [2.75, 3.05) is 31.1 Å². The molecule has 0 N–H and O–H groups in total. The number of piperazine rings is 1. The first kappa shape index (κ1) is 18.8. The summed E-state index contributed by atoms with van der Waals surface area (Å²) < 4.78 is 13.8. The number of nitrogens with zero attached hydrogens (tertiary/aromatic N) is 4. The Labute approximate surface area is 166 Å². The molecule has 0 spiro atoms. The van der Waals surface area contributed by atoms with Crippen molar-refractivity contribution in [2.45, 2.75) is 6.92 Å². The maximum atomic E-state index is 13.8. The molecule has 0 bridgehead atoms. The lowest BCUT2D eigenvalue weighted by Gasteiger charge is -2.36. The largest absolute Gasteiger partial charge is 0.362 e. The molecule has 1 aliphatic rings. The molecule has 0 atom stereocenters. The van der Waals surface area contributed by atoms with E-state index in [4.69, 9.17) is 0 Å². The van der Waals surface area contributed by atoms with Crippen LogP contribution in [0.3, 0.4) is 0 Å². The van der Waals surface area contributed by atoms with Gasteiger partial charge in [-0.15, -0.1) is 0 Å². The molecule has 0 unspecified atom stereocenters. The Morgan fingerprint density at radius 1 is 1.14 bits per heavy atom. The van der Waals surface area contributed by atoms with Gasteiger partial charge in [0.2, 0.25) is 0 Å². The fraction of sp³-hybridized carbons (Fsp3) is 0.238. The van der Waals surface area contributed by atoms with Crippen molar-refractivity contribution in [3.8, 4) is 0 Å². The summed E-state index contributed by atoms with van der Waals surface area (Å²) in [5.41, 5.74) is 1.91. The SMILES string of the molecule is Cc1ccc(C(=O)N2CCN(c3ccc4ncccc4c3[N+](=O)[O-])CC2)cc1F. The number of nitro benzene ring substituents is 1. The van der Waals surface area contributed by atoms with Gasteiger partial charge in [0.25, 0.3) is 5.91 Å². The maximum absolute atomic E-state index is 13.8. The molecule has 1 amide bonds. The van der Waals surface area contributed by atoms with E-state index in [9.17, 15) is 19.3 Å². The van der Waals surface area contributed by atoms with Crippen molar-refractivity contribution >= 4 is 28.2 Å². The molecule has 3 aromatic rings. The van der Waals surface area contributed by atoms with Crippen molar-refractivity contribution in [1.82, 2.24) is 9.88 Å². The van der Waals surface area contributed by atoms with Crippen LogP contribution in [0.5, 0.6) is 0 Å². The van der Waals surface area contributed by atoms with Crippen molar-refractivity contribution in [2.24, 2.45) is 0 Å². The molecule has 0 aliphatic carbocycles. The molecule has 2 heterocycles. The van der Waals surface area contributed by atoms with E-state index in [0.29, 0.717) is 53.9 Å². The van der Waals surface area contributed by atoms with Crippen LogP contribution in [0.15, 0.2) is 48.7 Å². The third-order valence-electron chi connectivity index (χ3n) is 5.24. The van der Waals surface area contributed by atoms with Gasteiger partial charge in [0.1, 0.15) is 11.5 Å². The predicted octanol–water partition coefficient (Wildman–Crippen LogP) is 3.55. The minimum atomic E-state index is -0.408. The Morgan fingerprint density at radius 2 is 1.90 bits per heavy atom. The van der Waals surface area contributed by atoms with Crippen molar-refractivity contribution in [3.05, 3.63) is 75.7 Å². The maximum Gasteiger partial charge on any atom is 0.301 e. The number of aromatic nitrogens is 1. The number of fused-ring (bicyclic) bond motifs is 1. The average Bonchev–Trinajstić information content (AvgIpc) is 2.74. The van der Waals surface area contributed by atoms with Crippen molar-refractivity contribution in [3.63, 3.8) is 0 Å². The molecule has 29 heavy (non-hydrogen) atoms. The summed E-state index contributed by atoms with van der Waals surface area (Å²) in [7, 11) is 0. The smallest absolute Gasteiger partial charge is 0.301 e. The normalized spacial score (nSPS) is 14.3. The number of halogens is 1. The number of carbonyl (C=O) groups is 1. The second kappa shape index (κ2) is 7.46. The summed E-state index contributed by atoms with van der Waals surface area (Å²) in [5.74, 6) is -0.643. The molecule has 1 saturated heterocycles. The predicted molar refractivity (Wildman–Crippen MR) is 108 cm³/mol. The lowest BCUT2D eigenvalue weighted by molar-refractivity contribution is -0.382. The number of rotatable bonds is 3. The van der Waals surface area contributed by atoms with Gasteiger partial charge in [0.15, 0.2) is 0 Å². The van der Waals surface area contributed by atoms with E-state index < -0.39 is 5.82 Å². The van der Waals surface area contributed by atoms with Crippen LogP contribution in [-0.4, -0.2) is 46.9 Å². The van der Waals surface area contributed by atoms with E-state index in [1.54, 1.807) is 54.4 Å². The minimum Gasteiger partial charge on any atom is -0.362 e. The molecule has 0 saturated carbocycles. The summed E-state index contributed by atoms with van der Waals surface area (Å²) in [4.78, 5) is 31.8. The molecule has 7 nitrogen and oxygen atoms in total. The van der Waals surface area contributed by atoms with Gasteiger partial charge in [-0.3, -0.25) is 19.9 Å². The average molecular weight is 394 g/mol. The topological polar surface area (TPSA) is 79.6 Å². The van der Waals surface area contributed by atoms with Gasteiger partial charge in [-0.2, -0.15) is 0 Å². The highest BCUT2D eigenvalue weighted by Gasteiger charge is 2.28. The third kappa shape index (κ3) is 3.49. The number of hydrogen-bond acceptors (Lipinski definition) is 5. The molecule has 1 aliphatic heterocycles. The highest BCUT2D eigenvalue weighted by atomic mass is 19.1. The van der Waals surface area contributed by atoms with E-state index in [1.807, 2.05) is 4.90 Å². The Kier molecular flexibility index (Phi) is 4.84. The van der Waals surface area contributed by atoms with Gasteiger partial charge in [-0.25, -0.2) is 4.39 Å². The first-order valence-electron chi connectivity index (χ1n) is 9.28. The van der Waals surface area contributed by atoms with Gasteiger partial charge >= 0.3 is 5.69 Å². The summed E-state index contributed by atoms with van der Waals surface area (Å²) in [6.45, 7) is 3.35. The van der Waals surface area contributed by atoms with Crippen LogP contribution < -0.4 is 4.90 Å². The van der Waals surface area contributed by atoms with Crippen LogP contribution in [0, 0.1) is 22.9 Å². The molecule has 0 radical (unpaired) electrons. The van der Waals surface area contributed by atoms with Crippen LogP contribution in [0.25, 0.3) is 10.9 Å². The van der Waals surface area contributed by atoms with E-state index in [0.717, 1.165) is 0 Å². The van der Waals surface area contributed by atoms with Crippen LogP contribution in [-0.2, 0) is 0 Å². The van der Waals surface area contributed by atoms with Crippen LogP contribution in [0.1, 0.15) is 15.9 Å². The fourth-order valence-corrected chi connectivity index (χ4v) is 3.63. The molecule has 1 fully saturated rings. The van der Waals surface area contributed by atoms with Gasteiger partial charge in [-0.05, 0) is 48.9 Å². The Bertz CT molecular complexity index is 1110. The molecule has 1 aromatic heterocycles. The number of benzene rings is 2. The molecule has 2 aromatic carbocycles. The third-order valence-corrected chi connectivity index (χ3v) is 5.24. The highest BCUT2D eigenvalue weighted by Crippen LogP contribution is 2.35. The second-order valence-corrected chi connectivity index (χ2v) is 7.00. The van der Waals surface area contributed by atoms with Crippen molar-refractivity contribution in [1.29, 1.82) is 0 Å². The summed E-state index contributed by atoms with van der Waals surface area (Å²) in [5, 5.41) is 12.2. The Balaban J connectivity index is 1.55. The number of hydrogen-bond donors (Lipinski definition) is 0. The van der Waals surface area contributed by atoms with E-state index in [1.165, 1.54) is 6.07 Å². The van der Waals surface area contributed by atoms with Crippen LogP contribution in [0.4, 0.5) is 15.8 Å². The summed E-state index contributed by atoms with van der Waals surface area (Å²) in [6.07, 6.45) is 1.60. The lowest BCUT2D eigenvalue weighted by atomic mass is 10.1. The standard InChI is InChI=1S/C21H19FN4O3/c1-14-4-5-15(13-17(14)22)21(27)25-11-9-24(10-12-25)19-7-6-18-16(3-2-8-23-18)20(19)26(28)29/h2-8,13H,9-12H2,1H3. The summed E-state index contributed by atoms with van der Waals surface area (Å²) >= 11 is 0. The van der Waals surface area contributed by atoms with Gasteiger partial charge in [-0.1, -0.05) is 6.07 Å². The van der Waals surface area contributed by atoms with Crippen molar-refractivity contribution < 1.29 is 14.1 Å². The zero-order valence-corrected chi connectivity index (χ0v) is 15.8. The van der Waals surface area contributed by atoms with E-state index in [2.05, 4.69) is 4.98 Å². The zero-order chi connectivity index (χ0) is 20.5. The number of nitro groups is 1. The first-order valence-corrected chi connectivity index (χ1v) is 9.28. The van der Waals surface area contributed by atoms with Gasteiger partial charge < -0.3 is 9.80 Å². The zero-order valence-electron chi connectivity index (χ0n) is 15.8. The molecule has 148 valence electrons. The Morgan fingerprint density at radius 3 is 2.59 bits per heavy atom. The first-order chi connectivity index (χ1) is 14.0. The molecular formula is C21H19FN4O3. The highest BCUT2D eigenvalue weighted by molar-refractivity contribution is 5.95. The fourth-order valence-electron chi connectivity index (χ4n) is 3.63. The minimum absolute atomic E-state index is 0.0241. The van der Waals surface area contributed by atoms with Gasteiger partial charge in [0.05, 0.1) is 15.8 Å². The Hall–Kier alpha value is -3.55. The molecule has 4 rings (SSSR count). The number of pyridine rings is 1. The number of aryl methyl sites for hydroxylation is 1. The second-order valence-electron chi connectivity index (χ2n) is 7.00. The van der Waals surface area contributed by atoms with Gasteiger partial charge in [0, 0.05) is 37.9 Å². The molecule has 8 heteroatoms. The number of carbonyl (C=O) groups excluding carboxylic acids is 1.